The average molecular weight is 343 g/mol. The number of halogens is 2. The number of piperidine rings is 1. The highest BCUT2D eigenvalue weighted by Gasteiger charge is 2.28. The Bertz CT molecular complexity index is 497. The first kappa shape index (κ1) is 17.6. The van der Waals surface area contributed by atoms with Crippen LogP contribution in [0.2, 0.25) is 10.0 Å². The van der Waals surface area contributed by atoms with Gasteiger partial charge in [0.05, 0.1) is 5.92 Å². The van der Waals surface area contributed by atoms with Gasteiger partial charge in [-0.3, -0.25) is 9.69 Å². The van der Waals surface area contributed by atoms with Crippen molar-refractivity contribution in [2.75, 3.05) is 26.2 Å². The Morgan fingerprint density at radius 1 is 1.27 bits per heavy atom. The summed E-state index contributed by atoms with van der Waals surface area (Å²) in [4.78, 5) is 16.8. The zero-order chi connectivity index (χ0) is 16.1. The lowest BCUT2D eigenvalue weighted by Gasteiger charge is -2.34. The fourth-order valence-corrected chi connectivity index (χ4v) is 3.62. The molecule has 2 rings (SSSR count). The van der Waals surface area contributed by atoms with Gasteiger partial charge in [-0.15, -0.1) is 0 Å². The van der Waals surface area contributed by atoms with Crippen LogP contribution in [0.15, 0.2) is 18.2 Å². The van der Waals surface area contributed by atoms with Gasteiger partial charge in [0.2, 0.25) is 5.91 Å². The van der Waals surface area contributed by atoms with E-state index in [0.717, 1.165) is 44.6 Å². The Balaban J connectivity index is 2.03. The lowest BCUT2D eigenvalue weighted by molar-refractivity contribution is -0.137. The van der Waals surface area contributed by atoms with E-state index >= 15 is 0 Å². The molecule has 0 aromatic heterocycles. The molecule has 0 saturated carbocycles. The summed E-state index contributed by atoms with van der Waals surface area (Å²) in [6.45, 7) is 8.11. The molecule has 22 heavy (non-hydrogen) atoms. The summed E-state index contributed by atoms with van der Waals surface area (Å²) in [6, 6.07) is 5.59. The van der Waals surface area contributed by atoms with E-state index in [2.05, 4.69) is 4.90 Å². The van der Waals surface area contributed by atoms with Crippen molar-refractivity contribution >= 4 is 29.1 Å². The van der Waals surface area contributed by atoms with Crippen molar-refractivity contribution < 1.29 is 4.79 Å². The number of carbonyl (C=O) groups is 1. The number of nitrogens with zero attached hydrogens (tertiary/aromatic N) is 2. The number of amides is 1. The Morgan fingerprint density at radius 3 is 2.50 bits per heavy atom. The second-order valence-corrected chi connectivity index (χ2v) is 6.60. The third-order valence-electron chi connectivity index (χ3n) is 4.37. The minimum Gasteiger partial charge on any atom is -0.343 e. The van der Waals surface area contributed by atoms with Gasteiger partial charge in [-0.25, -0.2) is 0 Å². The molecular formula is C17H24Cl2N2O. The molecule has 1 unspecified atom stereocenters. The first-order valence-electron chi connectivity index (χ1n) is 8.00. The minimum absolute atomic E-state index is 0.0925. The first-order chi connectivity index (χ1) is 10.6. The molecule has 0 radical (unpaired) electrons. The zero-order valence-electron chi connectivity index (χ0n) is 13.3. The Labute approximate surface area is 143 Å². The van der Waals surface area contributed by atoms with Crippen LogP contribution in [-0.4, -0.2) is 41.9 Å². The van der Waals surface area contributed by atoms with E-state index in [9.17, 15) is 4.79 Å². The standard InChI is InChI=1S/C17H24Cl2N2O/c1-3-21(4-2)17(22)13-7-6-10-20(11-13)12-14-15(18)8-5-9-16(14)19/h5,8-9,13H,3-4,6-7,10-12H2,1-2H3. The number of benzene rings is 1. The Morgan fingerprint density at radius 2 is 1.91 bits per heavy atom. The van der Waals surface area contributed by atoms with Crippen molar-refractivity contribution in [2.24, 2.45) is 5.92 Å². The van der Waals surface area contributed by atoms with Gasteiger partial charge >= 0.3 is 0 Å². The van der Waals surface area contributed by atoms with Crippen molar-refractivity contribution in [1.82, 2.24) is 9.80 Å². The quantitative estimate of drug-likeness (QED) is 0.804. The van der Waals surface area contributed by atoms with Crippen LogP contribution in [-0.2, 0) is 11.3 Å². The van der Waals surface area contributed by atoms with Crippen LogP contribution in [0, 0.1) is 5.92 Å². The van der Waals surface area contributed by atoms with Gasteiger partial charge in [-0.05, 0) is 45.4 Å². The Hall–Kier alpha value is -0.770. The molecule has 0 spiro atoms. The van der Waals surface area contributed by atoms with Crippen LogP contribution in [0.5, 0.6) is 0 Å². The van der Waals surface area contributed by atoms with Crippen LogP contribution in [0.3, 0.4) is 0 Å². The van der Waals surface area contributed by atoms with E-state index in [1.54, 1.807) is 0 Å². The molecule has 1 saturated heterocycles. The van der Waals surface area contributed by atoms with Crippen molar-refractivity contribution in [1.29, 1.82) is 0 Å². The second-order valence-electron chi connectivity index (χ2n) is 5.79. The molecule has 0 aliphatic carbocycles. The third kappa shape index (κ3) is 4.15. The van der Waals surface area contributed by atoms with E-state index in [-0.39, 0.29) is 11.8 Å². The van der Waals surface area contributed by atoms with Crippen molar-refractivity contribution in [3.8, 4) is 0 Å². The van der Waals surface area contributed by atoms with Crippen molar-refractivity contribution in [2.45, 2.75) is 33.2 Å². The predicted octanol–water partition coefficient (Wildman–Crippen LogP) is 4.07. The minimum atomic E-state index is 0.0925. The van der Waals surface area contributed by atoms with Gasteiger partial charge < -0.3 is 4.90 Å². The monoisotopic (exact) mass is 342 g/mol. The molecule has 122 valence electrons. The summed E-state index contributed by atoms with van der Waals surface area (Å²) in [7, 11) is 0. The molecule has 1 aromatic rings. The summed E-state index contributed by atoms with van der Waals surface area (Å²) < 4.78 is 0. The lowest BCUT2D eigenvalue weighted by atomic mass is 9.96. The topological polar surface area (TPSA) is 23.6 Å². The van der Waals surface area contributed by atoms with Crippen LogP contribution in [0.4, 0.5) is 0 Å². The van der Waals surface area contributed by atoms with Crippen LogP contribution >= 0.6 is 23.2 Å². The smallest absolute Gasteiger partial charge is 0.226 e. The van der Waals surface area contributed by atoms with Crippen LogP contribution < -0.4 is 0 Å². The van der Waals surface area contributed by atoms with Gasteiger partial charge in [0.15, 0.2) is 0 Å². The molecule has 0 bridgehead atoms. The van der Waals surface area contributed by atoms with Crippen molar-refractivity contribution in [3.63, 3.8) is 0 Å². The molecular weight excluding hydrogens is 319 g/mol. The maximum Gasteiger partial charge on any atom is 0.226 e. The summed E-state index contributed by atoms with van der Waals surface area (Å²) >= 11 is 12.5. The fourth-order valence-electron chi connectivity index (χ4n) is 3.10. The lowest BCUT2D eigenvalue weighted by Crippen LogP contribution is -2.44. The van der Waals surface area contributed by atoms with Gasteiger partial charge in [-0.1, -0.05) is 29.3 Å². The third-order valence-corrected chi connectivity index (χ3v) is 5.08. The predicted molar refractivity (Wildman–Crippen MR) is 92.4 cm³/mol. The van der Waals surface area contributed by atoms with Crippen molar-refractivity contribution in [3.05, 3.63) is 33.8 Å². The largest absolute Gasteiger partial charge is 0.343 e. The van der Waals surface area contributed by atoms with Gasteiger partial charge in [0.25, 0.3) is 0 Å². The summed E-state index contributed by atoms with van der Waals surface area (Å²) in [5.41, 5.74) is 0.960. The number of hydrogen-bond acceptors (Lipinski definition) is 2. The average Bonchev–Trinajstić information content (AvgIpc) is 2.52. The molecule has 1 aliphatic rings. The summed E-state index contributed by atoms with van der Waals surface area (Å²) in [6.07, 6.45) is 2.02. The van der Waals surface area contributed by atoms with Crippen LogP contribution in [0.25, 0.3) is 0 Å². The fraction of sp³-hybridized carbons (Fsp3) is 0.588. The molecule has 3 nitrogen and oxygen atoms in total. The molecule has 1 amide bonds. The van der Waals surface area contributed by atoms with Gasteiger partial charge in [0, 0.05) is 41.8 Å². The van der Waals surface area contributed by atoms with E-state index in [1.807, 2.05) is 36.9 Å². The van der Waals surface area contributed by atoms with E-state index in [1.165, 1.54) is 0 Å². The van der Waals surface area contributed by atoms with Crippen LogP contribution in [0.1, 0.15) is 32.3 Å². The van der Waals surface area contributed by atoms with E-state index < -0.39 is 0 Å². The molecule has 1 fully saturated rings. The summed E-state index contributed by atoms with van der Waals surface area (Å²) in [5.74, 6) is 0.370. The maximum atomic E-state index is 12.5. The summed E-state index contributed by atoms with van der Waals surface area (Å²) in [5, 5.41) is 1.40. The number of likely N-dealkylation sites (tertiary alicyclic amines) is 1. The number of rotatable bonds is 5. The number of hydrogen-bond donors (Lipinski definition) is 0. The zero-order valence-corrected chi connectivity index (χ0v) is 14.8. The number of carbonyl (C=O) groups excluding carboxylic acids is 1. The van der Waals surface area contributed by atoms with Gasteiger partial charge in [0.1, 0.15) is 0 Å². The SMILES string of the molecule is CCN(CC)C(=O)C1CCCN(Cc2c(Cl)cccc2Cl)C1. The highest BCUT2D eigenvalue weighted by Crippen LogP contribution is 2.28. The Kier molecular flexibility index (Phi) is 6.54. The normalized spacial score (nSPS) is 19.2. The van der Waals surface area contributed by atoms with E-state index in [0.29, 0.717) is 16.6 Å². The molecule has 0 N–H and O–H groups in total. The van der Waals surface area contributed by atoms with Gasteiger partial charge in [-0.2, -0.15) is 0 Å². The maximum absolute atomic E-state index is 12.5. The molecule has 1 atom stereocenters. The van der Waals surface area contributed by atoms with E-state index in [4.69, 9.17) is 23.2 Å². The highest BCUT2D eigenvalue weighted by atomic mass is 35.5. The second kappa shape index (κ2) is 8.19. The molecule has 1 aromatic carbocycles. The highest BCUT2D eigenvalue weighted by molar-refractivity contribution is 6.35. The molecule has 1 aliphatic heterocycles. The first-order valence-corrected chi connectivity index (χ1v) is 8.76. The molecule has 1 heterocycles. The molecule has 5 heteroatoms.